The van der Waals surface area contributed by atoms with Gasteiger partial charge in [0.1, 0.15) is 0 Å². The summed E-state index contributed by atoms with van der Waals surface area (Å²) in [4.78, 5) is 0. The summed E-state index contributed by atoms with van der Waals surface area (Å²) >= 11 is 1.30. The summed E-state index contributed by atoms with van der Waals surface area (Å²) in [6.45, 7) is 13.1. The van der Waals surface area contributed by atoms with Crippen LogP contribution in [0.15, 0.2) is 109 Å². The first kappa shape index (κ1) is 39.7. The van der Waals surface area contributed by atoms with Crippen LogP contribution in [-0.2, 0) is 30.7 Å². The first-order chi connectivity index (χ1) is 19.3. The van der Waals surface area contributed by atoms with Gasteiger partial charge in [-0.15, -0.1) is 30.4 Å². The maximum atomic E-state index is 3.35. The largest absolute Gasteiger partial charge is 0.179 e. The zero-order valence-corrected chi connectivity index (χ0v) is 29.9. The van der Waals surface area contributed by atoms with E-state index in [4.69, 9.17) is 0 Å². The fourth-order valence-electron chi connectivity index (χ4n) is 4.15. The molecule has 0 spiro atoms. The zero-order chi connectivity index (χ0) is 29.4. The van der Waals surface area contributed by atoms with E-state index in [1.165, 1.54) is 69.6 Å². The summed E-state index contributed by atoms with van der Waals surface area (Å²) in [7, 11) is 0. The first-order valence-electron chi connectivity index (χ1n) is 13.9. The van der Waals surface area contributed by atoms with Crippen molar-refractivity contribution >= 4 is 29.0 Å². The Morgan fingerprint density at radius 2 is 1.29 bits per heavy atom. The third kappa shape index (κ3) is 13.8. The Hall–Kier alpha value is -2.31. The predicted octanol–water partition coefficient (Wildman–Crippen LogP) is 10.8. The number of fused-ring (bicyclic) bond motifs is 3. The van der Waals surface area contributed by atoms with Gasteiger partial charge in [-0.3, -0.25) is 6.08 Å². The fraction of sp³-hybridized carbons (Fsp3) is 0.256. The van der Waals surface area contributed by atoms with E-state index >= 15 is 0 Å². The van der Waals surface area contributed by atoms with Crippen molar-refractivity contribution in [1.82, 2.24) is 0 Å². The molecule has 0 fully saturated rings. The average Bonchev–Trinajstić information content (AvgIpc) is 3.62. The van der Waals surface area contributed by atoms with Crippen LogP contribution in [0, 0.1) is 49.5 Å². The summed E-state index contributed by atoms with van der Waals surface area (Å²) < 4.78 is 3.34. The number of aryl methyl sites for hydroxylation is 2. The predicted molar refractivity (Wildman–Crippen MR) is 184 cm³/mol. The van der Waals surface area contributed by atoms with Crippen LogP contribution in [0.2, 0.25) is 0 Å². The van der Waals surface area contributed by atoms with Crippen molar-refractivity contribution in [3.8, 4) is 11.1 Å². The van der Waals surface area contributed by atoms with Crippen LogP contribution in [0.4, 0.5) is 0 Å². The quantitative estimate of drug-likeness (QED) is 0.155. The maximum Gasteiger partial charge on any atom is -0.0253 e. The number of halogens is 2. The molecule has 1 unspecified atom stereocenters. The second-order valence-electron chi connectivity index (χ2n) is 10.7. The average molecular weight is 675 g/mol. The number of allylic oxidation sites excluding steroid dienone is 4. The van der Waals surface area contributed by atoms with Gasteiger partial charge in [-0.2, -0.15) is 113 Å². The van der Waals surface area contributed by atoms with Gasteiger partial charge in [-0.1, -0.05) is 94.7 Å². The van der Waals surface area contributed by atoms with Crippen LogP contribution >= 0.6 is 24.8 Å². The fourth-order valence-corrected chi connectivity index (χ4v) is 4.15. The van der Waals surface area contributed by atoms with Gasteiger partial charge >= 0.3 is 28.4 Å². The Labute approximate surface area is 283 Å². The van der Waals surface area contributed by atoms with Crippen molar-refractivity contribution in [1.29, 1.82) is 0 Å². The smallest absolute Gasteiger partial charge is 0.0253 e. The molecule has 0 saturated heterocycles. The molecule has 0 aromatic heterocycles. The molecule has 0 aliphatic heterocycles. The van der Waals surface area contributed by atoms with Gasteiger partial charge in [0, 0.05) is 0 Å². The van der Waals surface area contributed by atoms with Gasteiger partial charge in [-0.05, 0) is 6.42 Å². The third-order valence-electron chi connectivity index (χ3n) is 6.53. The second kappa shape index (κ2) is 21.4. The standard InChI is InChI=1S/C13H9.C11H17.2C7H7.CH2.2ClH.Zr/c1-3-7-12-10(5-1)9-11-6-2-4-8-13(11)12;1-5-9-6-7-10(8-9)11(2,3)4;2*1-7-5-3-2-4-6-7;;;;/h1-5,7-8H,9H2;7-9H,5H2,1-4H3;2*3-6H,1H3;1H2;2*1H;/q4*-1;;;;. The molecule has 4 aromatic rings. The number of hydrogen-bond donors (Lipinski definition) is 0. The molecule has 0 saturated carbocycles. The van der Waals surface area contributed by atoms with Gasteiger partial charge in [-0.25, -0.2) is 6.08 Å². The molecular weight excluding hydrogens is 631 g/mol. The molecule has 42 heavy (non-hydrogen) atoms. The molecule has 0 N–H and O–H groups in total. The van der Waals surface area contributed by atoms with E-state index in [0.717, 1.165) is 6.42 Å². The molecule has 0 amide bonds. The van der Waals surface area contributed by atoms with Crippen LogP contribution in [0.1, 0.15) is 56.4 Å². The van der Waals surface area contributed by atoms with E-state index in [2.05, 4.69) is 119 Å². The first-order valence-corrected chi connectivity index (χ1v) is 15.6. The molecule has 6 rings (SSSR count). The van der Waals surface area contributed by atoms with E-state index in [9.17, 15) is 0 Å². The van der Waals surface area contributed by atoms with Crippen LogP contribution in [0.5, 0.6) is 0 Å². The molecule has 222 valence electrons. The molecule has 2 aliphatic carbocycles. The van der Waals surface area contributed by atoms with Crippen molar-refractivity contribution in [3.63, 3.8) is 0 Å². The minimum atomic E-state index is 0. The molecule has 0 nitrogen and oxygen atoms in total. The van der Waals surface area contributed by atoms with Gasteiger partial charge in [0.05, 0.1) is 0 Å². The van der Waals surface area contributed by atoms with Crippen molar-refractivity contribution in [3.05, 3.63) is 155 Å². The van der Waals surface area contributed by atoms with E-state index in [1.54, 1.807) is 0 Å². The zero-order valence-electron chi connectivity index (χ0n) is 25.8. The Morgan fingerprint density at radius 1 is 0.762 bits per heavy atom. The molecule has 2 aliphatic rings. The second-order valence-corrected chi connectivity index (χ2v) is 10.7. The number of benzene rings is 4. The van der Waals surface area contributed by atoms with Crippen LogP contribution in [-0.4, -0.2) is 4.21 Å². The van der Waals surface area contributed by atoms with Gasteiger partial charge in [0.25, 0.3) is 0 Å². The summed E-state index contributed by atoms with van der Waals surface area (Å²) in [6.07, 6.45) is 10.1. The molecule has 3 heteroatoms. The van der Waals surface area contributed by atoms with E-state index in [1.807, 2.05) is 54.6 Å². The van der Waals surface area contributed by atoms with Crippen LogP contribution < -0.4 is 0 Å². The summed E-state index contributed by atoms with van der Waals surface area (Å²) in [5.41, 5.74) is 9.83. The molecule has 0 bridgehead atoms. The SMILES string of the molecule is CCC1[C-]=CC(C(C)(C)C)=C1.Cc1cc[c-]cc1.Cc1cc[c-]cc1.Cl.Cl.[CH2]=[Zr].[c-]1cccc2c1Cc1ccccc1-2. The summed E-state index contributed by atoms with van der Waals surface area (Å²) in [5.74, 6) is 0.573. The molecule has 1 atom stereocenters. The number of rotatable bonds is 1. The topological polar surface area (TPSA) is 0 Å². The number of hydrogen-bond acceptors (Lipinski definition) is 0. The van der Waals surface area contributed by atoms with E-state index < -0.39 is 0 Å². The van der Waals surface area contributed by atoms with E-state index in [0.29, 0.717) is 11.3 Å². The molecule has 4 aromatic carbocycles. The normalized spacial score (nSPS) is 13.1. The summed E-state index contributed by atoms with van der Waals surface area (Å²) in [5, 5.41) is 0. The Balaban J connectivity index is 0.000000532. The van der Waals surface area contributed by atoms with Gasteiger partial charge < -0.3 is 0 Å². The van der Waals surface area contributed by atoms with E-state index in [-0.39, 0.29) is 24.8 Å². The van der Waals surface area contributed by atoms with Crippen molar-refractivity contribution in [2.45, 2.75) is 54.4 Å². The Morgan fingerprint density at radius 3 is 1.71 bits per heavy atom. The Kier molecular flexibility index (Phi) is 20.2. The molecule has 0 heterocycles. The van der Waals surface area contributed by atoms with Crippen LogP contribution in [0.3, 0.4) is 0 Å². The van der Waals surface area contributed by atoms with Crippen molar-refractivity contribution in [2.75, 3.05) is 0 Å². The molecule has 0 radical (unpaired) electrons. The summed E-state index contributed by atoms with van der Waals surface area (Å²) in [6, 6.07) is 39.7. The molecular formula is C39H44Cl2Zr-4. The van der Waals surface area contributed by atoms with Crippen molar-refractivity contribution in [2.24, 2.45) is 11.3 Å². The third-order valence-corrected chi connectivity index (χ3v) is 6.53. The van der Waals surface area contributed by atoms with Gasteiger partial charge in [0.2, 0.25) is 0 Å². The minimum Gasteiger partial charge on any atom is -0.179 e. The van der Waals surface area contributed by atoms with Crippen molar-refractivity contribution < 1.29 is 24.2 Å². The van der Waals surface area contributed by atoms with Gasteiger partial charge in [0.15, 0.2) is 0 Å². The Bertz CT molecular complexity index is 1250. The monoisotopic (exact) mass is 672 g/mol. The minimum absolute atomic E-state index is 0. The van der Waals surface area contributed by atoms with Crippen LogP contribution in [0.25, 0.3) is 11.1 Å². The maximum absolute atomic E-state index is 3.35.